The second kappa shape index (κ2) is 6.34. The number of para-hydroxylation sites is 1. The molecule has 0 saturated heterocycles. The number of aromatic nitrogens is 2. The fourth-order valence-electron chi connectivity index (χ4n) is 2.87. The summed E-state index contributed by atoms with van der Waals surface area (Å²) in [4.78, 5) is 26.2. The van der Waals surface area contributed by atoms with E-state index in [-0.39, 0.29) is 12.1 Å². The Kier molecular flexibility index (Phi) is 4.00. The van der Waals surface area contributed by atoms with Gasteiger partial charge in [0, 0.05) is 5.56 Å². The number of fused-ring (bicyclic) bond motifs is 1. The third-order valence-corrected chi connectivity index (χ3v) is 5.07. The lowest BCUT2D eigenvalue weighted by atomic mass is 10.2. The maximum Gasteiger partial charge on any atom is 0.337 e. The van der Waals surface area contributed by atoms with Crippen LogP contribution >= 0.6 is 11.3 Å². The van der Waals surface area contributed by atoms with Crippen molar-refractivity contribution in [3.05, 3.63) is 98.0 Å². The average Bonchev–Trinajstić information content (AvgIpc) is 3.12. The highest BCUT2D eigenvalue weighted by Crippen LogP contribution is 2.20. The molecule has 26 heavy (non-hydrogen) atoms. The molecule has 4 aromatic rings. The Morgan fingerprint density at radius 1 is 0.885 bits per heavy atom. The van der Waals surface area contributed by atoms with Gasteiger partial charge in [-0.2, -0.15) is 0 Å². The fourth-order valence-corrected chi connectivity index (χ4v) is 3.76. The van der Waals surface area contributed by atoms with Crippen LogP contribution in [-0.4, -0.2) is 9.13 Å². The molecule has 7 heteroatoms. The summed E-state index contributed by atoms with van der Waals surface area (Å²) < 4.78 is 30.4. The molecule has 0 fully saturated rings. The molecule has 2 aromatic carbocycles. The second-order valence-corrected chi connectivity index (χ2v) is 6.58. The lowest BCUT2D eigenvalue weighted by Crippen LogP contribution is -2.38. The van der Waals surface area contributed by atoms with Crippen molar-refractivity contribution >= 4 is 21.6 Å². The Bertz CT molecular complexity index is 1210. The van der Waals surface area contributed by atoms with E-state index in [0.29, 0.717) is 15.9 Å². The number of thiophene rings is 1. The standard InChI is InChI=1S/C19H12F2N2O2S/c20-15-7-4-8-16(21)14(15)11-22-18-13(9-10-26-18)17(24)23(19(22)25)12-5-2-1-3-6-12/h1-10H,11H2. The van der Waals surface area contributed by atoms with Gasteiger partial charge < -0.3 is 0 Å². The molecule has 0 bridgehead atoms. The molecule has 4 nitrogen and oxygen atoms in total. The van der Waals surface area contributed by atoms with Gasteiger partial charge in [-0.15, -0.1) is 11.3 Å². The van der Waals surface area contributed by atoms with Crippen LogP contribution in [0.15, 0.2) is 69.6 Å². The van der Waals surface area contributed by atoms with Crippen molar-refractivity contribution in [3.63, 3.8) is 0 Å². The Labute approximate surface area is 150 Å². The minimum absolute atomic E-state index is 0.220. The van der Waals surface area contributed by atoms with Crippen LogP contribution in [0.25, 0.3) is 15.9 Å². The monoisotopic (exact) mass is 370 g/mol. The Hall–Kier alpha value is -3.06. The van der Waals surface area contributed by atoms with E-state index in [9.17, 15) is 18.4 Å². The number of rotatable bonds is 3. The molecule has 0 saturated carbocycles. The highest BCUT2D eigenvalue weighted by atomic mass is 32.1. The maximum atomic E-state index is 14.1. The predicted octanol–water partition coefficient (Wildman–Crippen LogP) is 3.54. The van der Waals surface area contributed by atoms with Gasteiger partial charge in [0.05, 0.1) is 17.6 Å². The molecule has 130 valence electrons. The van der Waals surface area contributed by atoms with Crippen LogP contribution in [0.1, 0.15) is 5.56 Å². The molecule has 0 radical (unpaired) electrons. The van der Waals surface area contributed by atoms with Crippen molar-refractivity contribution in [2.45, 2.75) is 6.54 Å². The summed E-state index contributed by atoms with van der Waals surface area (Å²) in [5.74, 6) is -1.47. The second-order valence-electron chi connectivity index (χ2n) is 5.68. The lowest BCUT2D eigenvalue weighted by molar-refractivity contribution is 0.541. The van der Waals surface area contributed by atoms with Gasteiger partial charge in [-0.25, -0.2) is 18.1 Å². The Morgan fingerprint density at radius 2 is 1.58 bits per heavy atom. The smallest absolute Gasteiger partial charge is 0.279 e. The number of halogens is 2. The zero-order chi connectivity index (χ0) is 18.3. The third kappa shape index (κ3) is 2.57. The van der Waals surface area contributed by atoms with Gasteiger partial charge in [0.15, 0.2) is 0 Å². The summed E-state index contributed by atoms with van der Waals surface area (Å²) in [6.45, 7) is -0.304. The summed E-state index contributed by atoms with van der Waals surface area (Å²) in [5.41, 5.74) is -0.914. The van der Waals surface area contributed by atoms with E-state index in [1.165, 1.54) is 22.0 Å². The van der Waals surface area contributed by atoms with E-state index in [0.717, 1.165) is 16.7 Å². The topological polar surface area (TPSA) is 44.0 Å². The summed E-state index contributed by atoms with van der Waals surface area (Å²) in [5, 5.41) is 2.00. The molecule has 0 atom stereocenters. The highest BCUT2D eigenvalue weighted by molar-refractivity contribution is 7.16. The van der Waals surface area contributed by atoms with Crippen LogP contribution in [0.4, 0.5) is 8.78 Å². The van der Waals surface area contributed by atoms with Crippen LogP contribution in [0.3, 0.4) is 0 Å². The van der Waals surface area contributed by atoms with Crippen LogP contribution in [0, 0.1) is 11.6 Å². The highest BCUT2D eigenvalue weighted by Gasteiger charge is 2.18. The minimum Gasteiger partial charge on any atom is -0.279 e. The molecular weight excluding hydrogens is 358 g/mol. The average molecular weight is 370 g/mol. The van der Waals surface area contributed by atoms with Crippen LogP contribution in [-0.2, 0) is 6.54 Å². The molecule has 2 aromatic heterocycles. The minimum atomic E-state index is -0.737. The zero-order valence-corrected chi connectivity index (χ0v) is 14.2. The largest absolute Gasteiger partial charge is 0.337 e. The lowest BCUT2D eigenvalue weighted by Gasteiger charge is -2.13. The van der Waals surface area contributed by atoms with Crippen LogP contribution in [0.5, 0.6) is 0 Å². The first-order valence-corrected chi connectivity index (χ1v) is 8.67. The van der Waals surface area contributed by atoms with E-state index in [1.807, 2.05) is 0 Å². The zero-order valence-electron chi connectivity index (χ0n) is 13.4. The van der Waals surface area contributed by atoms with Crippen molar-refractivity contribution in [2.75, 3.05) is 0 Å². The molecule has 0 aliphatic carbocycles. The summed E-state index contributed by atoms with van der Waals surface area (Å²) in [6, 6.07) is 13.6. The van der Waals surface area contributed by atoms with Gasteiger partial charge >= 0.3 is 5.69 Å². The van der Waals surface area contributed by atoms with Gasteiger partial charge in [-0.05, 0) is 35.7 Å². The molecule has 0 spiro atoms. The fraction of sp³-hybridized carbons (Fsp3) is 0.0526. The van der Waals surface area contributed by atoms with Gasteiger partial charge in [0.25, 0.3) is 5.56 Å². The van der Waals surface area contributed by atoms with Crippen molar-refractivity contribution in [1.82, 2.24) is 9.13 Å². The molecule has 2 heterocycles. The van der Waals surface area contributed by atoms with Gasteiger partial charge in [-0.1, -0.05) is 24.3 Å². The Morgan fingerprint density at radius 3 is 2.27 bits per heavy atom. The first-order valence-electron chi connectivity index (χ1n) is 7.79. The molecule has 0 N–H and O–H groups in total. The molecule has 4 rings (SSSR count). The third-order valence-electron chi connectivity index (χ3n) is 4.14. The Balaban J connectivity index is 2.03. The van der Waals surface area contributed by atoms with E-state index in [1.54, 1.807) is 41.8 Å². The van der Waals surface area contributed by atoms with Crippen LogP contribution in [0.2, 0.25) is 0 Å². The van der Waals surface area contributed by atoms with E-state index < -0.39 is 22.9 Å². The van der Waals surface area contributed by atoms with E-state index >= 15 is 0 Å². The molecule has 0 aliphatic heterocycles. The number of nitrogens with zero attached hydrogens (tertiary/aromatic N) is 2. The SMILES string of the molecule is O=c1c2ccsc2n(Cc2c(F)cccc2F)c(=O)n1-c1ccccc1. The normalized spacial score (nSPS) is 11.2. The van der Waals surface area contributed by atoms with Crippen molar-refractivity contribution in [3.8, 4) is 5.69 Å². The van der Waals surface area contributed by atoms with Crippen LogP contribution < -0.4 is 11.2 Å². The number of benzene rings is 2. The summed E-state index contributed by atoms with van der Waals surface area (Å²) in [6.07, 6.45) is 0. The quantitative estimate of drug-likeness (QED) is 0.554. The molecule has 0 aliphatic rings. The van der Waals surface area contributed by atoms with Crippen molar-refractivity contribution in [2.24, 2.45) is 0 Å². The predicted molar refractivity (Wildman–Crippen MR) is 97.1 cm³/mol. The van der Waals surface area contributed by atoms with E-state index in [2.05, 4.69) is 0 Å². The molecular formula is C19H12F2N2O2S. The molecule has 0 unspecified atom stereocenters. The van der Waals surface area contributed by atoms with Gasteiger partial charge in [0.2, 0.25) is 0 Å². The first kappa shape index (κ1) is 16.4. The maximum absolute atomic E-state index is 14.1. The molecule has 0 amide bonds. The van der Waals surface area contributed by atoms with Gasteiger partial charge in [0.1, 0.15) is 16.5 Å². The number of hydrogen-bond donors (Lipinski definition) is 0. The summed E-state index contributed by atoms with van der Waals surface area (Å²) >= 11 is 1.18. The van der Waals surface area contributed by atoms with Crippen molar-refractivity contribution in [1.29, 1.82) is 0 Å². The van der Waals surface area contributed by atoms with Gasteiger partial charge in [-0.3, -0.25) is 9.36 Å². The summed E-state index contributed by atoms with van der Waals surface area (Å²) in [7, 11) is 0. The first-order chi connectivity index (χ1) is 12.6. The number of hydrogen-bond acceptors (Lipinski definition) is 3. The van der Waals surface area contributed by atoms with Crippen molar-refractivity contribution < 1.29 is 8.78 Å². The van der Waals surface area contributed by atoms with E-state index in [4.69, 9.17) is 0 Å².